The van der Waals surface area contributed by atoms with Gasteiger partial charge in [-0.15, -0.1) is 0 Å². The molecule has 0 radical (unpaired) electrons. The maximum absolute atomic E-state index is 8.78. The number of rotatable bonds is 2. The van der Waals surface area contributed by atoms with Crippen LogP contribution in [-0.2, 0) is 0 Å². The van der Waals surface area contributed by atoms with Gasteiger partial charge in [0.15, 0.2) is 0 Å². The molecule has 0 saturated carbocycles. The molecule has 2 aromatic rings. The van der Waals surface area contributed by atoms with E-state index in [4.69, 9.17) is 5.26 Å². The van der Waals surface area contributed by atoms with Crippen molar-refractivity contribution in [1.29, 1.82) is 5.26 Å². The molecule has 82 valence electrons. The van der Waals surface area contributed by atoms with Gasteiger partial charge in [0.1, 0.15) is 0 Å². The molecule has 2 aromatic carbocycles. The van der Waals surface area contributed by atoms with Crippen LogP contribution in [0.25, 0.3) is 0 Å². The second-order valence-corrected chi connectivity index (χ2v) is 3.83. The van der Waals surface area contributed by atoms with Gasteiger partial charge < -0.3 is 0 Å². The third kappa shape index (κ3) is 3.02. The van der Waals surface area contributed by atoms with E-state index in [9.17, 15) is 0 Å². The number of nitriles is 1. The molecule has 2 nitrogen and oxygen atoms in total. The monoisotopic (exact) mass is 220 g/mol. The highest BCUT2D eigenvalue weighted by molar-refractivity contribution is 5.82. The Balaban J connectivity index is 2.23. The highest BCUT2D eigenvalue weighted by atomic mass is 14.7. The van der Waals surface area contributed by atoms with Gasteiger partial charge in [0.2, 0.25) is 0 Å². The summed E-state index contributed by atoms with van der Waals surface area (Å²) in [5.74, 6) is 0. The molecule has 0 fully saturated rings. The average molecular weight is 220 g/mol. The van der Waals surface area contributed by atoms with Crippen molar-refractivity contribution < 1.29 is 0 Å². The summed E-state index contributed by atoms with van der Waals surface area (Å²) >= 11 is 0. The summed E-state index contributed by atoms with van der Waals surface area (Å²) in [5.41, 5.74) is 3.70. The topological polar surface area (TPSA) is 36.1 Å². The number of nitrogens with zero attached hydrogens (tertiary/aromatic N) is 2. The Hall–Kier alpha value is -2.40. The Labute approximate surface area is 101 Å². The van der Waals surface area contributed by atoms with Gasteiger partial charge in [-0.25, -0.2) is 0 Å². The lowest BCUT2D eigenvalue weighted by molar-refractivity contribution is 1.44. The molecule has 0 unspecified atom stereocenters. The zero-order valence-electron chi connectivity index (χ0n) is 9.59. The van der Waals surface area contributed by atoms with Crippen molar-refractivity contribution in [2.75, 3.05) is 0 Å². The van der Waals surface area contributed by atoms with E-state index in [0.717, 1.165) is 11.3 Å². The second-order valence-electron chi connectivity index (χ2n) is 3.83. The van der Waals surface area contributed by atoms with E-state index < -0.39 is 0 Å². The number of aliphatic imine (C=N–C) groups is 1. The molecule has 0 aliphatic carbocycles. The fourth-order valence-electron chi connectivity index (χ4n) is 1.56. The summed E-state index contributed by atoms with van der Waals surface area (Å²) in [5, 5.41) is 8.78. The molecule has 0 aliphatic heterocycles. The molecule has 0 atom stereocenters. The van der Waals surface area contributed by atoms with Gasteiger partial charge in [0.25, 0.3) is 0 Å². The Morgan fingerprint density at radius 2 is 1.94 bits per heavy atom. The second kappa shape index (κ2) is 5.09. The minimum Gasteiger partial charge on any atom is -0.256 e. The molecule has 0 aromatic heterocycles. The van der Waals surface area contributed by atoms with Crippen LogP contribution < -0.4 is 0 Å². The van der Waals surface area contributed by atoms with Crippen molar-refractivity contribution in [2.45, 2.75) is 6.92 Å². The highest BCUT2D eigenvalue weighted by Gasteiger charge is 1.92. The fraction of sp³-hybridized carbons (Fsp3) is 0.0667. The Kier molecular flexibility index (Phi) is 3.32. The van der Waals surface area contributed by atoms with Crippen molar-refractivity contribution in [3.63, 3.8) is 0 Å². The van der Waals surface area contributed by atoms with Gasteiger partial charge in [-0.1, -0.05) is 35.9 Å². The van der Waals surface area contributed by atoms with E-state index >= 15 is 0 Å². The molecule has 0 bridgehead atoms. The predicted octanol–water partition coefficient (Wildman–Crippen LogP) is 3.62. The SMILES string of the molecule is Cc1cccc(/C=N/c2cccc(C#N)c2)c1. The van der Waals surface area contributed by atoms with E-state index in [1.165, 1.54) is 5.56 Å². The lowest BCUT2D eigenvalue weighted by atomic mass is 10.1. The lowest BCUT2D eigenvalue weighted by Gasteiger charge is -1.96. The minimum absolute atomic E-state index is 0.629. The highest BCUT2D eigenvalue weighted by Crippen LogP contribution is 2.13. The number of benzene rings is 2. The lowest BCUT2D eigenvalue weighted by Crippen LogP contribution is -1.81. The first-order valence-corrected chi connectivity index (χ1v) is 5.39. The zero-order valence-corrected chi connectivity index (χ0v) is 9.59. The molecule has 0 amide bonds. The quantitative estimate of drug-likeness (QED) is 0.712. The summed E-state index contributed by atoms with van der Waals surface area (Å²) < 4.78 is 0. The van der Waals surface area contributed by atoms with Gasteiger partial charge in [-0.05, 0) is 30.7 Å². The third-order valence-electron chi connectivity index (χ3n) is 2.38. The van der Waals surface area contributed by atoms with Crippen LogP contribution in [-0.4, -0.2) is 6.21 Å². The summed E-state index contributed by atoms with van der Waals surface area (Å²) in [7, 11) is 0. The van der Waals surface area contributed by atoms with Crippen LogP contribution >= 0.6 is 0 Å². The van der Waals surface area contributed by atoms with Crippen molar-refractivity contribution in [2.24, 2.45) is 4.99 Å². The van der Waals surface area contributed by atoms with Gasteiger partial charge in [-0.3, -0.25) is 4.99 Å². The summed E-state index contributed by atoms with van der Waals surface area (Å²) in [6, 6.07) is 17.5. The first-order chi connectivity index (χ1) is 8.28. The number of aryl methyl sites for hydroxylation is 1. The normalized spacial score (nSPS) is 10.4. The molecular weight excluding hydrogens is 208 g/mol. The molecule has 0 spiro atoms. The molecule has 0 heterocycles. The number of hydrogen-bond acceptors (Lipinski definition) is 2. The molecule has 0 aliphatic rings. The summed E-state index contributed by atoms with van der Waals surface area (Å²) in [4.78, 5) is 4.35. The Bertz CT molecular complexity index is 592. The van der Waals surface area contributed by atoms with Gasteiger partial charge in [-0.2, -0.15) is 5.26 Å². The van der Waals surface area contributed by atoms with Crippen LogP contribution in [0.5, 0.6) is 0 Å². The van der Waals surface area contributed by atoms with Crippen LogP contribution in [0, 0.1) is 18.3 Å². The maximum atomic E-state index is 8.78. The van der Waals surface area contributed by atoms with Crippen molar-refractivity contribution in [3.05, 3.63) is 65.2 Å². The standard InChI is InChI=1S/C15H12N2/c1-12-4-2-6-14(8-12)11-17-15-7-3-5-13(9-15)10-16/h2-9,11H,1H3/b17-11+. The van der Waals surface area contributed by atoms with Crippen LogP contribution in [0.3, 0.4) is 0 Å². The summed E-state index contributed by atoms with van der Waals surface area (Å²) in [6.07, 6.45) is 1.81. The van der Waals surface area contributed by atoms with E-state index in [0.29, 0.717) is 5.56 Å². The maximum Gasteiger partial charge on any atom is 0.0992 e. The smallest absolute Gasteiger partial charge is 0.0992 e. The Morgan fingerprint density at radius 1 is 1.12 bits per heavy atom. The average Bonchev–Trinajstić information content (AvgIpc) is 2.37. The predicted molar refractivity (Wildman–Crippen MR) is 69.6 cm³/mol. The van der Waals surface area contributed by atoms with Gasteiger partial charge >= 0.3 is 0 Å². The number of hydrogen-bond donors (Lipinski definition) is 0. The molecule has 2 heteroatoms. The van der Waals surface area contributed by atoms with Gasteiger partial charge in [0.05, 0.1) is 17.3 Å². The van der Waals surface area contributed by atoms with E-state index in [1.54, 1.807) is 12.1 Å². The van der Waals surface area contributed by atoms with E-state index in [-0.39, 0.29) is 0 Å². The molecule has 2 rings (SSSR count). The van der Waals surface area contributed by atoms with Crippen LogP contribution in [0.2, 0.25) is 0 Å². The van der Waals surface area contributed by atoms with Crippen LogP contribution in [0.4, 0.5) is 5.69 Å². The minimum atomic E-state index is 0.629. The van der Waals surface area contributed by atoms with Crippen molar-refractivity contribution >= 4 is 11.9 Å². The van der Waals surface area contributed by atoms with Crippen molar-refractivity contribution in [1.82, 2.24) is 0 Å². The third-order valence-corrected chi connectivity index (χ3v) is 2.38. The van der Waals surface area contributed by atoms with Crippen molar-refractivity contribution in [3.8, 4) is 6.07 Å². The molecule has 0 N–H and O–H groups in total. The largest absolute Gasteiger partial charge is 0.256 e. The first kappa shape index (κ1) is 11.1. The molecular formula is C15H12N2. The first-order valence-electron chi connectivity index (χ1n) is 5.39. The zero-order chi connectivity index (χ0) is 12.1. The van der Waals surface area contributed by atoms with E-state index in [2.05, 4.69) is 17.1 Å². The summed E-state index contributed by atoms with van der Waals surface area (Å²) in [6.45, 7) is 2.05. The molecule has 0 saturated heterocycles. The van der Waals surface area contributed by atoms with Crippen LogP contribution in [0.1, 0.15) is 16.7 Å². The van der Waals surface area contributed by atoms with E-state index in [1.807, 2.05) is 43.5 Å². The molecule has 17 heavy (non-hydrogen) atoms. The fourth-order valence-corrected chi connectivity index (χ4v) is 1.56. The van der Waals surface area contributed by atoms with Crippen LogP contribution in [0.15, 0.2) is 53.5 Å². The van der Waals surface area contributed by atoms with Gasteiger partial charge in [0, 0.05) is 6.21 Å². The Morgan fingerprint density at radius 3 is 2.71 bits per heavy atom.